The fourth-order valence-electron chi connectivity index (χ4n) is 2.03. The normalized spacial score (nSPS) is 19.5. The molecule has 19 heavy (non-hydrogen) atoms. The molecule has 1 fully saturated rings. The maximum atomic E-state index is 6.02. The molecule has 5 heteroatoms. The van der Waals surface area contributed by atoms with Crippen molar-refractivity contribution in [3.8, 4) is 5.75 Å². The summed E-state index contributed by atoms with van der Waals surface area (Å²) in [5, 5.41) is 2.44. The number of nitrogens with zero attached hydrogens (tertiary/aromatic N) is 1. The Hall–Kier alpha value is -1.36. The van der Waals surface area contributed by atoms with Crippen molar-refractivity contribution in [2.24, 2.45) is 0 Å². The second-order valence-corrected chi connectivity index (χ2v) is 4.72. The minimum Gasteiger partial charge on any atom is -0.491 e. The second kappa shape index (κ2) is 5.74. The van der Waals surface area contributed by atoms with Gasteiger partial charge in [0, 0.05) is 11.6 Å². The van der Waals surface area contributed by atoms with Crippen LogP contribution in [-0.4, -0.2) is 37.5 Å². The fraction of sp³-hybridized carbons (Fsp3) is 0.357. The van der Waals surface area contributed by atoms with Gasteiger partial charge in [0.1, 0.15) is 23.6 Å². The lowest BCUT2D eigenvalue weighted by atomic mass is 10.2. The van der Waals surface area contributed by atoms with Crippen molar-refractivity contribution < 1.29 is 14.2 Å². The van der Waals surface area contributed by atoms with E-state index in [0.29, 0.717) is 31.6 Å². The summed E-state index contributed by atoms with van der Waals surface area (Å²) in [6.07, 6.45) is 1.69. The van der Waals surface area contributed by atoms with Crippen LogP contribution in [0, 0.1) is 0 Å². The highest BCUT2D eigenvalue weighted by Gasteiger charge is 2.15. The third-order valence-corrected chi connectivity index (χ3v) is 3.31. The number of fused-ring (bicyclic) bond motifs is 1. The van der Waals surface area contributed by atoms with E-state index in [1.165, 1.54) is 0 Å². The number of rotatable bonds is 3. The van der Waals surface area contributed by atoms with Gasteiger partial charge in [0.15, 0.2) is 0 Å². The number of hydrogen-bond acceptors (Lipinski definition) is 4. The summed E-state index contributed by atoms with van der Waals surface area (Å²) in [6.45, 7) is 2.37. The van der Waals surface area contributed by atoms with Crippen LogP contribution in [0.3, 0.4) is 0 Å². The molecule has 1 aliphatic rings. The van der Waals surface area contributed by atoms with Crippen LogP contribution in [0.1, 0.15) is 0 Å². The minimum atomic E-state index is 0.00507. The van der Waals surface area contributed by atoms with Gasteiger partial charge < -0.3 is 14.2 Å². The molecule has 0 unspecified atom stereocenters. The lowest BCUT2D eigenvalue weighted by Gasteiger charge is -2.23. The topological polar surface area (TPSA) is 40.6 Å². The standard InChI is InChI=1S/C14H14ClNO3/c15-14-13-2-1-11(7-10(13)3-4-16-14)19-9-12-8-17-5-6-18-12/h1-4,7,12H,5-6,8-9H2/t12-/m0/s1. The molecule has 1 aromatic heterocycles. The van der Waals surface area contributed by atoms with Crippen LogP contribution >= 0.6 is 11.6 Å². The van der Waals surface area contributed by atoms with Gasteiger partial charge in [-0.25, -0.2) is 4.98 Å². The zero-order chi connectivity index (χ0) is 13.1. The van der Waals surface area contributed by atoms with Crippen molar-refractivity contribution >= 4 is 22.4 Å². The van der Waals surface area contributed by atoms with Crippen molar-refractivity contribution in [2.45, 2.75) is 6.10 Å². The second-order valence-electron chi connectivity index (χ2n) is 4.36. The number of aromatic nitrogens is 1. The number of hydrogen-bond donors (Lipinski definition) is 0. The highest BCUT2D eigenvalue weighted by molar-refractivity contribution is 6.34. The summed E-state index contributed by atoms with van der Waals surface area (Å²) in [7, 11) is 0. The Morgan fingerprint density at radius 2 is 2.26 bits per heavy atom. The van der Waals surface area contributed by atoms with E-state index >= 15 is 0 Å². The Labute approximate surface area is 116 Å². The van der Waals surface area contributed by atoms with E-state index in [0.717, 1.165) is 16.5 Å². The summed E-state index contributed by atoms with van der Waals surface area (Å²) >= 11 is 6.02. The Bertz CT molecular complexity index is 570. The van der Waals surface area contributed by atoms with E-state index < -0.39 is 0 Å². The monoisotopic (exact) mass is 279 g/mol. The first-order chi connectivity index (χ1) is 9.33. The van der Waals surface area contributed by atoms with Crippen molar-refractivity contribution in [2.75, 3.05) is 26.4 Å². The molecule has 1 aromatic carbocycles. The molecule has 0 spiro atoms. The molecule has 2 aromatic rings. The summed E-state index contributed by atoms with van der Waals surface area (Å²) in [5.74, 6) is 0.795. The van der Waals surface area contributed by atoms with Gasteiger partial charge in [-0.2, -0.15) is 0 Å². The molecule has 2 heterocycles. The molecule has 0 bridgehead atoms. The number of benzene rings is 1. The Morgan fingerprint density at radius 1 is 1.32 bits per heavy atom. The van der Waals surface area contributed by atoms with Crippen molar-refractivity contribution in [3.05, 3.63) is 35.6 Å². The molecule has 4 nitrogen and oxygen atoms in total. The Kier molecular flexibility index (Phi) is 3.82. The van der Waals surface area contributed by atoms with Crippen LogP contribution in [0.25, 0.3) is 10.8 Å². The fourth-order valence-corrected chi connectivity index (χ4v) is 2.26. The Morgan fingerprint density at radius 3 is 3.11 bits per heavy atom. The molecule has 1 aliphatic heterocycles. The van der Waals surface area contributed by atoms with Gasteiger partial charge >= 0.3 is 0 Å². The Balaban J connectivity index is 1.71. The van der Waals surface area contributed by atoms with Gasteiger partial charge in [0.2, 0.25) is 0 Å². The summed E-state index contributed by atoms with van der Waals surface area (Å²) < 4.78 is 16.6. The quantitative estimate of drug-likeness (QED) is 0.810. The van der Waals surface area contributed by atoms with Crippen molar-refractivity contribution in [3.63, 3.8) is 0 Å². The van der Waals surface area contributed by atoms with Gasteiger partial charge in [-0.1, -0.05) is 11.6 Å². The highest BCUT2D eigenvalue weighted by atomic mass is 35.5. The molecule has 1 saturated heterocycles. The summed E-state index contributed by atoms with van der Waals surface area (Å²) in [5.41, 5.74) is 0. The van der Waals surface area contributed by atoms with E-state index in [1.807, 2.05) is 24.3 Å². The number of halogens is 1. The van der Waals surface area contributed by atoms with Gasteiger partial charge in [-0.3, -0.25) is 0 Å². The third-order valence-electron chi connectivity index (χ3n) is 3.01. The number of ether oxygens (including phenoxy) is 3. The van der Waals surface area contributed by atoms with E-state index in [-0.39, 0.29) is 6.10 Å². The summed E-state index contributed by atoms with van der Waals surface area (Å²) in [4.78, 5) is 4.04. The highest BCUT2D eigenvalue weighted by Crippen LogP contribution is 2.25. The molecule has 0 radical (unpaired) electrons. The molecule has 0 N–H and O–H groups in total. The van der Waals surface area contributed by atoms with Crippen LogP contribution in [0.2, 0.25) is 5.15 Å². The first-order valence-corrected chi connectivity index (χ1v) is 6.57. The zero-order valence-corrected chi connectivity index (χ0v) is 11.1. The molecular formula is C14H14ClNO3. The molecule has 3 rings (SSSR count). The lowest BCUT2D eigenvalue weighted by Crippen LogP contribution is -2.33. The molecule has 100 valence electrons. The predicted molar refractivity (Wildman–Crippen MR) is 72.8 cm³/mol. The van der Waals surface area contributed by atoms with Crippen LogP contribution in [0.5, 0.6) is 5.75 Å². The third kappa shape index (κ3) is 2.97. The summed E-state index contributed by atoms with van der Waals surface area (Å²) in [6, 6.07) is 7.67. The first-order valence-electron chi connectivity index (χ1n) is 6.19. The van der Waals surface area contributed by atoms with E-state index in [9.17, 15) is 0 Å². The largest absolute Gasteiger partial charge is 0.491 e. The predicted octanol–water partition coefficient (Wildman–Crippen LogP) is 2.68. The maximum absolute atomic E-state index is 6.02. The van der Waals surface area contributed by atoms with Crippen LogP contribution < -0.4 is 4.74 Å². The van der Waals surface area contributed by atoms with E-state index in [1.54, 1.807) is 6.20 Å². The van der Waals surface area contributed by atoms with Crippen molar-refractivity contribution in [1.82, 2.24) is 4.98 Å². The molecule has 0 amide bonds. The van der Waals surface area contributed by atoms with Crippen LogP contribution in [-0.2, 0) is 9.47 Å². The smallest absolute Gasteiger partial charge is 0.136 e. The van der Waals surface area contributed by atoms with Crippen molar-refractivity contribution in [1.29, 1.82) is 0 Å². The number of pyridine rings is 1. The minimum absolute atomic E-state index is 0.00507. The lowest BCUT2D eigenvalue weighted by molar-refractivity contribution is -0.101. The van der Waals surface area contributed by atoms with E-state index in [2.05, 4.69) is 4.98 Å². The zero-order valence-electron chi connectivity index (χ0n) is 10.3. The SMILES string of the molecule is Clc1nccc2cc(OC[C@@H]3COCCO3)ccc12. The maximum Gasteiger partial charge on any atom is 0.136 e. The van der Waals surface area contributed by atoms with Gasteiger partial charge in [0.05, 0.1) is 19.8 Å². The average molecular weight is 280 g/mol. The van der Waals surface area contributed by atoms with Gasteiger partial charge in [0.25, 0.3) is 0 Å². The average Bonchev–Trinajstić information content (AvgIpc) is 2.46. The molecular weight excluding hydrogens is 266 g/mol. The van der Waals surface area contributed by atoms with Gasteiger partial charge in [-0.15, -0.1) is 0 Å². The van der Waals surface area contributed by atoms with Crippen LogP contribution in [0.15, 0.2) is 30.5 Å². The molecule has 0 aliphatic carbocycles. The van der Waals surface area contributed by atoms with E-state index in [4.69, 9.17) is 25.8 Å². The molecule has 0 saturated carbocycles. The van der Waals surface area contributed by atoms with Crippen LogP contribution in [0.4, 0.5) is 0 Å². The van der Waals surface area contributed by atoms with Gasteiger partial charge in [-0.05, 0) is 29.7 Å². The molecule has 1 atom stereocenters. The first kappa shape index (κ1) is 12.7.